The van der Waals surface area contributed by atoms with E-state index in [-0.39, 0.29) is 6.54 Å². The van der Waals surface area contributed by atoms with Gasteiger partial charge in [-0.1, -0.05) is 0 Å². The highest BCUT2D eigenvalue weighted by molar-refractivity contribution is 5.15. The largest absolute Gasteiger partial charge is 0.463 e. The van der Waals surface area contributed by atoms with Gasteiger partial charge in [0.15, 0.2) is 0 Å². The smallest absolute Gasteiger partial charge is 0.424 e. The lowest BCUT2D eigenvalue weighted by Crippen LogP contribution is -2.43. The van der Waals surface area contributed by atoms with Crippen molar-refractivity contribution in [3.05, 3.63) is 23.7 Å². The number of aliphatic hydroxyl groups is 1. The molecule has 3 N–H and O–H groups in total. The van der Waals surface area contributed by atoms with Gasteiger partial charge in [-0.3, -0.25) is 0 Å². The Morgan fingerprint density at radius 2 is 2.00 bits per heavy atom. The molecule has 0 aliphatic carbocycles. The topological polar surface area (TPSA) is 59.4 Å². The van der Waals surface area contributed by atoms with Crippen molar-refractivity contribution in [1.29, 1.82) is 0 Å². The summed E-state index contributed by atoms with van der Waals surface area (Å²) in [5, 5.41) is 9.53. The Morgan fingerprint density at radius 1 is 1.40 bits per heavy atom. The molecule has 6 heteroatoms. The maximum absolute atomic E-state index is 12.6. The second-order valence-electron chi connectivity index (χ2n) is 3.31. The summed E-state index contributed by atoms with van der Waals surface area (Å²) in [5.41, 5.74) is 2.06. The first-order chi connectivity index (χ1) is 6.81. The molecule has 0 radical (unpaired) electrons. The number of rotatable bonds is 3. The molecule has 0 amide bonds. The van der Waals surface area contributed by atoms with Gasteiger partial charge in [0.05, 0.1) is 0 Å². The summed E-state index contributed by atoms with van der Waals surface area (Å²) in [6.45, 7) is 1.22. The molecule has 1 heterocycles. The van der Waals surface area contributed by atoms with Crippen LogP contribution in [0.25, 0.3) is 0 Å². The third kappa shape index (κ3) is 2.15. The normalized spacial score (nSPS) is 16.4. The lowest BCUT2D eigenvalue weighted by Gasteiger charge is -2.27. The maximum atomic E-state index is 12.6. The average molecular weight is 223 g/mol. The summed E-state index contributed by atoms with van der Waals surface area (Å²) in [5.74, 6) is -0.206. The molecule has 0 bridgehead atoms. The van der Waals surface area contributed by atoms with Crippen molar-refractivity contribution in [2.75, 3.05) is 6.54 Å². The molecule has 0 spiro atoms. The van der Waals surface area contributed by atoms with Crippen LogP contribution in [0.2, 0.25) is 0 Å². The van der Waals surface area contributed by atoms with Crippen molar-refractivity contribution in [2.45, 2.75) is 25.1 Å². The zero-order valence-corrected chi connectivity index (χ0v) is 8.14. The summed E-state index contributed by atoms with van der Waals surface area (Å²) in [7, 11) is 0. The monoisotopic (exact) mass is 223 g/mol. The first-order valence-electron chi connectivity index (χ1n) is 4.37. The van der Waals surface area contributed by atoms with Crippen LogP contribution in [0, 0.1) is 6.92 Å². The number of hydrogen-bond donors (Lipinski definition) is 2. The molecule has 0 saturated carbocycles. The molecule has 0 fully saturated rings. The first-order valence-corrected chi connectivity index (χ1v) is 4.37. The molecule has 1 aromatic rings. The van der Waals surface area contributed by atoms with E-state index in [2.05, 4.69) is 0 Å². The van der Waals surface area contributed by atoms with E-state index in [0.29, 0.717) is 5.76 Å². The lowest BCUT2D eigenvalue weighted by atomic mass is 9.96. The zero-order valence-electron chi connectivity index (χ0n) is 8.14. The van der Waals surface area contributed by atoms with Crippen LogP contribution in [0.15, 0.2) is 16.5 Å². The van der Waals surface area contributed by atoms with Crippen molar-refractivity contribution in [3.8, 4) is 0 Å². The van der Waals surface area contributed by atoms with Crippen LogP contribution >= 0.6 is 0 Å². The van der Waals surface area contributed by atoms with Gasteiger partial charge in [-0.2, -0.15) is 13.2 Å². The van der Waals surface area contributed by atoms with Crippen LogP contribution < -0.4 is 5.73 Å². The van der Waals surface area contributed by atoms with E-state index in [1.165, 1.54) is 13.0 Å². The second kappa shape index (κ2) is 3.86. The van der Waals surface area contributed by atoms with Crippen LogP contribution in [0.1, 0.15) is 17.9 Å². The number of furan rings is 1. The van der Waals surface area contributed by atoms with E-state index in [4.69, 9.17) is 10.2 Å². The van der Waals surface area contributed by atoms with Crippen LogP contribution in [-0.4, -0.2) is 17.8 Å². The van der Waals surface area contributed by atoms with Gasteiger partial charge in [-0.25, -0.2) is 0 Å². The Kier molecular flexibility index (Phi) is 3.11. The van der Waals surface area contributed by atoms with Crippen molar-refractivity contribution in [3.63, 3.8) is 0 Å². The molecular formula is C9H12F3NO2. The highest BCUT2D eigenvalue weighted by Gasteiger charge is 2.56. The fourth-order valence-electron chi connectivity index (χ4n) is 1.27. The minimum absolute atomic E-state index is 0.282. The van der Waals surface area contributed by atoms with Crippen molar-refractivity contribution < 1.29 is 22.7 Å². The van der Waals surface area contributed by atoms with E-state index >= 15 is 0 Å². The number of hydrogen-bond acceptors (Lipinski definition) is 3. The fraction of sp³-hybridized carbons (Fsp3) is 0.556. The van der Waals surface area contributed by atoms with Crippen LogP contribution in [-0.2, 0) is 5.60 Å². The number of halogens is 3. The third-order valence-electron chi connectivity index (χ3n) is 2.12. The van der Waals surface area contributed by atoms with Gasteiger partial charge >= 0.3 is 6.18 Å². The molecule has 15 heavy (non-hydrogen) atoms. The minimum atomic E-state index is -4.79. The highest BCUT2D eigenvalue weighted by atomic mass is 19.4. The Labute approximate surface area is 84.7 Å². The molecule has 86 valence electrons. The van der Waals surface area contributed by atoms with Crippen molar-refractivity contribution in [2.24, 2.45) is 5.73 Å². The number of nitrogens with two attached hydrogens (primary N) is 1. The van der Waals surface area contributed by atoms with Crippen LogP contribution in [0.5, 0.6) is 0 Å². The summed E-state index contributed by atoms with van der Waals surface area (Å²) in [4.78, 5) is 0. The van der Waals surface area contributed by atoms with Crippen LogP contribution in [0.3, 0.4) is 0 Å². The van der Waals surface area contributed by atoms with E-state index < -0.39 is 24.0 Å². The average Bonchev–Trinajstić information content (AvgIpc) is 2.50. The summed E-state index contributed by atoms with van der Waals surface area (Å²) in [6, 6.07) is 2.47. The van der Waals surface area contributed by atoms with Gasteiger partial charge in [-0.05, 0) is 25.6 Å². The van der Waals surface area contributed by atoms with Gasteiger partial charge in [0.25, 0.3) is 0 Å². The standard InChI is InChI=1S/C9H12F3NO2/c1-6-2-3-7(15-6)8(14,4-5-13)9(10,11)12/h2-3,14H,4-5,13H2,1H3. The molecule has 0 aromatic carbocycles. The van der Waals surface area contributed by atoms with Gasteiger partial charge in [-0.15, -0.1) is 0 Å². The van der Waals surface area contributed by atoms with Crippen molar-refractivity contribution >= 4 is 0 Å². The Bertz CT molecular complexity index is 334. The van der Waals surface area contributed by atoms with E-state index in [1.807, 2.05) is 0 Å². The van der Waals surface area contributed by atoms with Crippen molar-refractivity contribution in [1.82, 2.24) is 0 Å². The summed E-state index contributed by atoms with van der Waals surface area (Å²) >= 11 is 0. The zero-order chi connectivity index (χ0) is 11.7. The van der Waals surface area contributed by atoms with E-state index in [9.17, 15) is 18.3 Å². The second-order valence-corrected chi connectivity index (χ2v) is 3.31. The minimum Gasteiger partial charge on any atom is -0.463 e. The van der Waals surface area contributed by atoms with Gasteiger partial charge < -0.3 is 15.3 Å². The predicted molar refractivity (Wildman–Crippen MR) is 47.1 cm³/mol. The van der Waals surface area contributed by atoms with Gasteiger partial charge in [0, 0.05) is 6.42 Å². The number of aryl methyl sites for hydroxylation is 1. The Morgan fingerprint density at radius 3 is 2.33 bits per heavy atom. The maximum Gasteiger partial charge on any atom is 0.424 e. The molecule has 0 aliphatic heterocycles. The Hall–Kier alpha value is -1.01. The molecule has 0 aliphatic rings. The van der Waals surface area contributed by atoms with Gasteiger partial charge in [0.2, 0.25) is 5.60 Å². The fourth-order valence-corrected chi connectivity index (χ4v) is 1.27. The van der Waals surface area contributed by atoms with Crippen LogP contribution in [0.4, 0.5) is 13.2 Å². The quantitative estimate of drug-likeness (QED) is 0.819. The highest BCUT2D eigenvalue weighted by Crippen LogP contribution is 2.41. The first kappa shape index (κ1) is 12.1. The molecule has 0 saturated heterocycles. The van der Waals surface area contributed by atoms with E-state index in [0.717, 1.165) is 6.07 Å². The third-order valence-corrected chi connectivity index (χ3v) is 2.12. The van der Waals surface area contributed by atoms with E-state index in [1.54, 1.807) is 0 Å². The lowest BCUT2D eigenvalue weighted by molar-refractivity contribution is -0.274. The molecule has 1 atom stereocenters. The molecule has 1 aromatic heterocycles. The molecular weight excluding hydrogens is 211 g/mol. The van der Waals surface area contributed by atoms with Gasteiger partial charge in [0.1, 0.15) is 11.5 Å². The molecule has 1 rings (SSSR count). The summed E-state index contributed by atoms with van der Waals surface area (Å²) in [6.07, 6.45) is -5.42. The summed E-state index contributed by atoms with van der Waals surface area (Å²) < 4.78 is 42.7. The molecule has 1 unspecified atom stereocenters. The predicted octanol–water partition coefficient (Wildman–Crippen LogP) is 1.69. The molecule has 3 nitrogen and oxygen atoms in total. The number of alkyl halides is 3. The Balaban J connectivity index is 3.12. The SMILES string of the molecule is Cc1ccc(C(O)(CCN)C(F)(F)F)o1.